The van der Waals surface area contributed by atoms with Gasteiger partial charge >= 0.3 is 5.97 Å². The molecule has 4 nitrogen and oxygen atoms in total. The standard InChI is InChI=1S/C16H21NO3/c1-11-4-3-5-12(2)14(11)10-15(18)17-8-6-13(7-9-17)16(19)20/h3-5,13H,6-10H2,1-2H3,(H,19,20). The van der Waals surface area contributed by atoms with E-state index in [1.54, 1.807) is 4.90 Å². The van der Waals surface area contributed by atoms with Crippen molar-refractivity contribution in [3.05, 3.63) is 34.9 Å². The van der Waals surface area contributed by atoms with Gasteiger partial charge in [-0.25, -0.2) is 0 Å². The van der Waals surface area contributed by atoms with Crippen LogP contribution in [-0.2, 0) is 16.0 Å². The number of carboxylic acid groups (broad SMARTS) is 1. The second-order valence-corrected chi connectivity index (χ2v) is 5.54. The maximum absolute atomic E-state index is 12.3. The smallest absolute Gasteiger partial charge is 0.306 e. The van der Waals surface area contributed by atoms with Crippen LogP contribution in [-0.4, -0.2) is 35.0 Å². The van der Waals surface area contributed by atoms with Crippen LogP contribution >= 0.6 is 0 Å². The van der Waals surface area contributed by atoms with Crippen LogP contribution in [0.25, 0.3) is 0 Å². The minimum absolute atomic E-state index is 0.103. The molecule has 0 radical (unpaired) electrons. The number of likely N-dealkylation sites (tertiary alicyclic amines) is 1. The average Bonchev–Trinajstić information content (AvgIpc) is 2.43. The number of nitrogens with zero attached hydrogens (tertiary/aromatic N) is 1. The Balaban J connectivity index is 1.98. The van der Waals surface area contributed by atoms with E-state index >= 15 is 0 Å². The summed E-state index contributed by atoms with van der Waals surface area (Å²) in [6.45, 7) is 5.15. The Bertz CT molecular complexity index is 496. The first-order chi connectivity index (χ1) is 9.49. The van der Waals surface area contributed by atoms with Crippen molar-refractivity contribution in [3.8, 4) is 0 Å². The number of piperidine rings is 1. The van der Waals surface area contributed by atoms with Crippen LogP contribution in [0.4, 0.5) is 0 Å². The summed E-state index contributed by atoms with van der Waals surface area (Å²) < 4.78 is 0. The summed E-state index contributed by atoms with van der Waals surface area (Å²) in [6, 6.07) is 6.04. The summed E-state index contributed by atoms with van der Waals surface area (Å²) in [4.78, 5) is 25.0. The van der Waals surface area contributed by atoms with Gasteiger partial charge < -0.3 is 10.0 Å². The predicted molar refractivity (Wildman–Crippen MR) is 76.6 cm³/mol. The third-order valence-corrected chi connectivity index (χ3v) is 4.17. The van der Waals surface area contributed by atoms with Crippen LogP contribution in [0.5, 0.6) is 0 Å². The van der Waals surface area contributed by atoms with Gasteiger partial charge in [-0.1, -0.05) is 18.2 Å². The molecule has 1 aromatic rings. The molecule has 2 rings (SSSR count). The van der Waals surface area contributed by atoms with Crippen LogP contribution < -0.4 is 0 Å². The number of rotatable bonds is 3. The Morgan fingerprint density at radius 3 is 2.25 bits per heavy atom. The second-order valence-electron chi connectivity index (χ2n) is 5.54. The van der Waals surface area contributed by atoms with Crippen molar-refractivity contribution in [2.75, 3.05) is 13.1 Å². The molecule has 1 heterocycles. The number of aryl methyl sites for hydroxylation is 2. The molecule has 4 heteroatoms. The number of hydrogen-bond donors (Lipinski definition) is 1. The van der Waals surface area contributed by atoms with E-state index in [-0.39, 0.29) is 11.8 Å². The zero-order valence-corrected chi connectivity index (χ0v) is 12.1. The van der Waals surface area contributed by atoms with Crippen molar-refractivity contribution < 1.29 is 14.7 Å². The minimum atomic E-state index is -0.744. The molecule has 20 heavy (non-hydrogen) atoms. The lowest BCUT2D eigenvalue weighted by Crippen LogP contribution is -2.41. The Morgan fingerprint density at radius 2 is 1.75 bits per heavy atom. The van der Waals surface area contributed by atoms with Gasteiger partial charge in [0.2, 0.25) is 5.91 Å². The molecule has 1 aromatic carbocycles. The predicted octanol–water partition coefficient (Wildman–Crippen LogP) is 2.17. The van der Waals surface area contributed by atoms with Crippen LogP contribution in [0, 0.1) is 19.8 Å². The van der Waals surface area contributed by atoms with Crippen LogP contribution in [0.3, 0.4) is 0 Å². The largest absolute Gasteiger partial charge is 0.481 e. The molecule has 1 amide bonds. The topological polar surface area (TPSA) is 57.6 Å². The third kappa shape index (κ3) is 3.18. The van der Waals surface area contributed by atoms with E-state index in [1.807, 2.05) is 32.0 Å². The highest BCUT2D eigenvalue weighted by Gasteiger charge is 2.27. The van der Waals surface area contributed by atoms with Gasteiger partial charge in [0.05, 0.1) is 12.3 Å². The Labute approximate surface area is 119 Å². The lowest BCUT2D eigenvalue weighted by molar-refractivity contribution is -0.145. The maximum Gasteiger partial charge on any atom is 0.306 e. The Hall–Kier alpha value is -1.84. The van der Waals surface area contributed by atoms with Crippen LogP contribution in [0.2, 0.25) is 0 Å². The fourth-order valence-electron chi connectivity index (χ4n) is 2.77. The Kier molecular flexibility index (Phi) is 4.42. The molecule has 1 fully saturated rings. The molecule has 0 aromatic heterocycles. The first-order valence-electron chi connectivity index (χ1n) is 7.04. The van der Waals surface area contributed by atoms with E-state index in [0.717, 1.165) is 16.7 Å². The van der Waals surface area contributed by atoms with Gasteiger partial charge in [-0.15, -0.1) is 0 Å². The number of aliphatic carboxylic acids is 1. The molecule has 0 aliphatic carbocycles. The van der Waals surface area contributed by atoms with Gasteiger partial charge in [0.1, 0.15) is 0 Å². The normalized spacial score (nSPS) is 16.2. The monoisotopic (exact) mass is 275 g/mol. The van der Waals surface area contributed by atoms with Crippen molar-refractivity contribution >= 4 is 11.9 Å². The fourth-order valence-corrected chi connectivity index (χ4v) is 2.77. The van der Waals surface area contributed by atoms with Gasteiger partial charge in [0, 0.05) is 13.1 Å². The number of amides is 1. The molecule has 0 atom stereocenters. The average molecular weight is 275 g/mol. The molecule has 0 saturated carbocycles. The van der Waals surface area contributed by atoms with Gasteiger partial charge in [-0.05, 0) is 43.4 Å². The highest BCUT2D eigenvalue weighted by molar-refractivity contribution is 5.80. The first-order valence-corrected chi connectivity index (χ1v) is 7.04. The van der Waals surface area contributed by atoms with Crippen molar-refractivity contribution in [1.29, 1.82) is 0 Å². The summed E-state index contributed by atoms with van der Waals surface area (Å²) in [5.74, 6) is -0.933. The van der Waals surface area contributed by atoms with E-state index < -0.39 is 5.97 Å². The number of hydrogen-bond acceptors (Lipinski definition) is 2. The highest BCUT2D eigenvalue weighted by Crippen LogP contribution is 2.20. The summed E-state index contributed by atoms with van der Waals surface area (Å²) in [5, 5.41) is 8.97. The fraction of sp³-hybridized carbons (Fsp3) is 0.500. The summed E-state index contributed by atoms with van der Waals surface area (Å²) >= 11 is 0. The SMILES string of the molecule is Cc1cccc(C)c1CC(=O)N1CCC(C(=O)O)CC1. The lowest BCUT2D eigenvalue weighted by Gasteiger charge is -2.30. The van der Waals surface area contributed by atoms with Crippen molar-refractivity contribution in [2.45, 2.75) is 33.1 Å². The molecule has 1 aliphatic heterocycles. The molecule has 108 valence electrons. The van der Waals surface area contributed by atoms with Crippen molar-refractivity contribution in [3.63, 3.8) is 0 Å². The molecular weight excluding hydrogens is 254 g/mol. The lowest BCUT2D eigenvalue weighted by atomic mass is 9.95. The minimum Gasteiger partial charge on any atom is -0.481 e. The molecule has 0 unspecified atom stereocenters. The van der Waals surface area contributed by atoms with E-state index in [0.29, 0.717) is 32.4 Å². The maximum atomic E-state index is 12.3. The van der Waals surface area contributed by atoms with E-state index in [4.69, 9.17) is 5.11 Å². The third-order valence-electron chi connectivity index (χ3n) is 4.17. The highest BCUT2D eigenvalue weighted by atomic mass is 16.4. The summed E-state index contributed by atoms with van der Waals surface area (Å²) in [7, 11) is 0. The van der Waals surface area contributed by atoms with Crippen LogP contribution in [0.1, 0.15) is 29.5 Å². The quantitative estimate of drug-likeness (QED) is 0.919. The van der Waals surface area contributed by atoms with Gasteiger partial charge in [0.25, 0.3) is 0 Å². The summed E-state index contributed by atoms with van der Waals surface area (Å²) in [5.41, 5.74) is 3.37. The molecule has 1 saturated heterocycles. The number of benzene rings is 1. The number of carbonyl (C=O) groups excluding carboxylic acids is 1. The van der Waals surface area contributed by atoms with Crippen molar-refractivity contribution in [1.82, 2.24) is 4.90 Å². The number of carbonyl (C=O) groups is 2. The molecule has 0 bridgehead atoms. The molecule has 1 aliphatic rings. The Morgan fingerprint density at radius 1 is 1.20 bits per heavy atom. The van der Waals surface area contributed by atoms with Gasteiger partial charge in [-0.2, -0.15) is 0 Å². The molecular formula is C16H21NO3. The van der Waals surface area contributed by atoms with E-state index in [1.165, 1.54) is 0 Å². The zero-order chi connectivity index (χ0) is 14.7. The summed E-state index contributed by atoms with van der Waals surface area (Å²) in [6.07, 6.45) is 1.54. The van der Waals surface area contributed by atoms with Gasteiger partial charge in [-0.3, -0.25) is 9.59 Å². The number of carboxylic acids is 1. The molecule has 0 spiro atoms. The van der Waals surface area contributed by atoms with Crippen molar-refractivity contribution in [2.24, 2.45) is 5.92 Å². The zero-order valence-electron chi connectivity index (χ0n) is 12.1. The molecule has 1 N–H and O–H groups in total. The second kappa shape index (κ2) is 6.07. The van der Waals surface area contributed by atoms with E-state index in [2.05, 4.69) is 0 Å². The van der Waals surface area contributed by atoms with Gasteiger partial charge in [0.15, 0.2) is 0 Å². The first kappa shape index (κ1) is 14.6. The van der Waals surface area contributed by atoms with E-state index in [9.17, 15) is 9.59 Å². The van der Waals surface area contributed by atoms with Crippen LogP contribution in [0.15, 0.2) is 18.2 Å².